The van der Waals surface area contributed by atoms with Crippen LogP contribution in [0.15, 0.2) is 48.9 Å². The third-order valence-electron chi connectivity index (χ3n) is 3.21. The fourth-order valence-corrected chi connectivity index (χ4v) is 2.16. The first kappa shape index (κ1) is 12.9. The van der Waals surface area contributed by atoms with E-state index in [0.29, 0.717) is 11.4 Å². The van der Waals surface area contributed by atoms with Crippen LogP contribution in [0.5, 0.6) is 0 Å². The molecule has 6 nitrogen and oxygen atoms in total. The minimum Gasteiger partial charge on any atom is -0.404 e. The lowest BCUT2D eigenvalue weighted by Gasteiger charge is -2.05. The van der Waals surface area contributed by atoms with Crippen LogP contribution in [0.3, 0.4) is 0 Å². The molecule has 0 aromatic carbocycles. The van der Waals surface area contributed by atoms with Crippen LogP contribution < -0.4 is 11.5 Å². The Morgan fingerprint density at radius 1 is 1.24 bits per heavy atom. The van der Waals surface area contributed by atoms with E-state index in [1.54, 1.807) is 12.3 Å². The number of nitrogens with two attached hydrogens (primary N) is 2. The summed E-state index contributed by atoms with van der Waals surface area (Å²) in [5.41, 5.74) is 15.1. The van der Waals surface area contributed by atoms with Gasteiger partial charge in [-0.2, -0.15) is 0 Å². The van der Waals surface area contributed by atoms with Crippen molar-refractivity contribution < 1.29 is 0 Å². The SMILES string of the molecule is N=CC(=CN)c1ccc2ncc(-c3cccc(N)n3)n2c1. The standard InChI is InChI=1S/C15H14N6/c16-6-11(7-17)10-4-5-15-19-8-13(21(15)9-10)12-2-1-3-14(18)20-12/h1-9,16H,17H2,(H2,18,20). The Kier molecular flexibility index (Phi) is 3.12. The van der Waals surface area contributed by atoms with Crippen LogP contribution in [0.25, 0.3) is 22.6 Å². The maximum absolute atomic E-state index is 7.39. The van der Waals surface area contributed by atoms with Crippen molar-refractivity contribution in [3.63, 3.8) is 0 Å². The summed E-state index contributed by atoms with van der Waals surface area (Å²) in [7, 11) is 0. The number of nitrogen functional groups attached to an aromatic ring is 1. The third-order valence-corrected chi connectivity index (χ3v) is 3.21. The highest BCUT2D eigenvalue weighted by molar-refractivity contribution is 6.08. The lowest BCUT2D eigenvalue weighted by molar-refractivity contribution is 1.16. The topological polar surface area (TPSA) is 106 Å². The van der Waals surface area contributed by atoms with Crippen LogP contribution in [-0.4, -0.2) is 20.6 Å². The molecule has 0 aliphatic rings. The second-order valence-corrected chi connectivity index (χ2v) is 4.50. The Labute approximate surface area is 121 Å². The predicted molar refractivity (Wildman–Crippen MR) is 83.8 cm³/mol. The van der Waals surface area contributed by atoms with E-state index in [9.17, 15) is 0 Å². The van der Waals surface area contributed by atoms with E-state index < -0.39 is 0 Å². The van der Waals surface area contributed by atoms with Crippen LogP contribution in [0.4, 0.5) is 5.82 Å². The zero-order chi connectivity index (χ0) is 14.8. The number of allylic oxidation sites excluding steroid dienone is 1. The average Bonchev–Trinajstić information content (AvgIpc) is 2.92. The number of nitrogens with one attached hydrogen (secondary N) is 1. The van der Waals surface area contributed by atoms with Gasteiger partial charge in [0.05, 0.1) is 17.6 Å². The third kappa shape index (κ3) is 2.23. The fourth-order valence-electron chi connectivity index (χ4n) is 2.16. The van der Waals surface area contributed by atoms with Crippen molar-refractivity contribution in [2.45, 2.75) is 0 Å². The van der Waals surface area contributed by atoms with Crippen LogP contribution in [0.2, 0.25) is 0 Å². The Balaban J connectivity index is 2.21. The van der Waals surface area contributed by atoms with Crippen molar-refractivity contribution >= 4 is 23.3 Å². The van der Waals surface area contributed by atoms with Gasteiger partial charge in [-0.05, 0) is 24.3 Å². The van der Waals surface area contributed by atoms with E-state index in [4.69, 9.17) is 16.9 Å². The summed E-state index contributed by atoms with van der Waals surface area (Å²) < 4.78 is 1.91. The highest BCUT2D eigenvalue weighted by atomic mass is 15.0. The minimum atomic E-state index is 0.459. The molecular formula is C15H14N6. The van der Waals surface area contributed by atoms with Gasteiger partial charge in [0.2, 0.25) is 0 Å². The van der Waals surface area contributed by atoms with Gasteiger partial charge in [0.1, 0.15) is 11.5 Å². The van der Waals surface area contributed by atoms with Crippen LogP contribution in [0, 0.1) is 5.41 Å². The van der Waals surface area contributed by atoms with Gasteiger partial charge in [0.15, 0.2) is 0 Å². The molecule has 5 N–H and O–H groups in total. The molecular weight excluding hydrogens is 264 g/mol. The van der Waals surface area contributed by atoms with Crippen molar-refractivity contribution in [2.24, 2.45) is 5.73 Å². The Hall–Kier alpha value is -3.15. The summed E-state index contributed by atoms with van der Waals surface area (Å²) >= 11 is 0. The van der Waals surface area contributed by atoms with Gasteiger partial charge < -0.3 is 16.9 Å². The van der Waals surface area contributed by atoms with Gasteiger partial charge in [0, 0.05) is 29.7 Å². The van der Waals surface area contributed by atoms with E-state index in [-0.39, 0.29) is 0 Å². The summed E-state index contributed by atoms with van der Waals surface area (Å²) in [6.45, 7) is 0. The van der Waals surface area contributed by atoms with Gasteiger partial charge in [-0.1, -0.05) is 6.07 Å². The quantitative estimate of drug-likeness (QED) is 0.636. The molecule has 6 heteroatoms. The Bertz CT molecular complexity index is 846. The van der Waals surface area contributed by atoms with Gasteiger partial charge in [-0.15, -0.1) is 0 Å². The molecule has 0 saturated heterocycles. The largest absolute Gasteiger partial charge is 0.404 e. The van der Waals surface area contributed by atoms with E-state index in [2.05, 4.69) is 9.97 Å². The molecule has 21 heavy (non-hydrogen) atoms. The molecule has 3 aromatic heterocycles. The molecule has 0 spiro atoms. The molecule has 0 bridgehead atoms. The fraction of sp³-hybridized carbons (Fsp3) is 0. The molecule has 0 saturated carbocycles. The van der Waals surface area contributed by atoms with E-state index in [1.165, 1.54) is 12.4 Å². The molecule has 0 aliphatic heterocycles. The molecule has 0 fully saturated rings. The first-order chi connectivity index (χ1) is 10.2. The first-order valence-electron chi connectivity index (χ1n) is 6.35. The van der Waals surface area contributed by atoms with Gasteiger partial charge in [-0.3, -0.25) is 4.40 Å². The number of imidazole rings is 1. The molecule has 0 aliphatic carbocycles. The lowest BCUT2D eigenvalue weighted by Crippen LogP contribution is -1.97. The Morgan fingerprint density at radius 2 is 2.10 bits per heavy atom. The van der Waals surface area contributed by atoms with Gasteiger partial charge in [0.25, 0.3) is 0 Å². The van der Waals surface area contributed by atoms with Gasteiger partial charge in [-0.25, -0.2) is 9.97 Å². The smallest absolute Gasteiger partial charge is 0.137 e. The summed E-state index contributed by atoms with van der Waals surface area (Å²) in [6, 6.07) is 9.22. The first-order valence-corrected chi connectivity index (χ1v) is 6.35. The number of rotatable bonds is 3. The van der Waals surface area contributed by atoms with Crippen LogP contribution >= 0.6 is 0 Å². The number of aromatic nitrogens is 3. The van der Waals surface area contributed by atoms with Crippen molar-refractivity contribution in [3.05, 3.63) is 54.5 Å². The van der Waals surface area contributed by atoms with Gasteiger partial charge >= 0.3 is 0 Å². The molecule has 104 valence electrons. The number of nitrogens with zero attached hydrogens (tertiary/aromatic N) is 3. The summed E-state index contributed by atoms with van der Waals surface area (Å²) in [5.74, 6) is 0.459. The molecule has 0 radical (unpaired) electrons. The number of fused-ring (bicyclic) bond motifs is 1. The van der Waals surface area contributed by atoms with E-state index in [0.717, 1.165) is 22.6 Å². The molecule has 0 amide bonds. The molecule has 3 heterocycles. The number of hydrogen-bond donors (Lipinski definition) is 3. The van der Waals surface area contributed by atoms with Crippen molar-refractivity contribution in [3.8, 4) is 11.4 Å². The predicted octanol–water partition coefficient (Wildman–Crippen LogP) is 1.93. The van der Waals surface area contributed by atoms with E-state index >= 15 is 0 Å². The minimum absolute atomic E-state index is 0.459. The lowest BCUT2D eigenvalue weighted by atomic mass is 10.1. The number of pyridine rings is 2. The average molecular weight is 278 g/mol. The highest BCUT2D eigenvalue weighted by Gasteiger charge is 2.09. The second kappa shape index (κ2) is 5.09. The van der Waals surface area contributed by atoms with Crippen LogP contribution in [0.1, 0.15) is 5.56 Å². The van der Waals surface area contributed by atoms with Crippen molar-refractivity contribution in [1.29, 1.82) is 5.41 Å². The highest BCUT2D eigenvalue weighted by Crippen LogP contribution is 2.22. The molecule has 3 rings (SSSR count). The monoisotopic (exact) mass is 278 g/mol. The van der Waals surface area contributed by atoms with Crippen molar-refractivity contribution in [2.75, 3.05) is 5.73 Å². The number of anilines is 1. The normalized spacial score (nSPS) is 11.7. The summed E-state index contributed by atoms with van der Waals surface area (Å²) in [5, 5.41) is 7.39. The zero-order valence-corrected chi connectivity index (χ0v) is 11.2. The zero-order valence-electron chi connectivity index (χ0n) is 11.2. The summed E-state index contributed by atoms with van der Waals surface area (Å²) in [6.07, 6.45) is 6.25. The molecule has 0 atom stereocenters. The van der Waals surface area contributed by atoms with E-state index in [1.807, 2.05) is 34.9 Å². The molecule has 0 unspecified atom stereocenters. The van der Waals surface area contributed by atoms with Crippen molar-refractivity contribution in [1.82, 2.24) is 14.4 Å². The maximum atomic E-state index is 7.39. The van der Waals surface area contributed by atoms with Crippen LogP contribution in [-0.2, 0) is 0 Å². The second-order valence-electron chi connectivity index (χ2n) is 4.50. The maximum Gasteiger partial charge on any atom is 0.137 e. The Morgan fingerprint density at radius 3 is 2.81 bits per heavy atom. The number of hydrogen-bond acceptors (Lipinski definition) is 5. The molecule has 3 aromatic rings. The summed E-state index contributed by atoms with van der Waals surface area (Å²) in [4.78, 5) is 8.66.